The van der Waals surface area contributed by atoms with Gasteiger partial charge in [0, 0.05) is 36.1 Å². The molecular weight excluding hydrogens is 444 g/mol. The van der Waals surface area contributed by atoms with Gasteiger partial charge in [-0.2, -0.15) is 0 Å². The van der Waals surface area contributed by atoms with Crippen molar-refractivity contribution in [1.82, 2.24) is 10.2 Å². The van der Waals surface area contributed by atoms with Crippen LogP contribution in [-0.2, 0) is 4.79 Å². The molecule has 0 unspecified atom stereocenters. The number of amides is 2. The van der Waals surface area contributed by atoms with Crippen LogP contribution in [0.2, 0.25) is 5.02 Å². The maximum atomic E-state index is 13.2. The lowest BCUT2D eigenvalue weighted by Gasteiger charge is -2.21. The normalized spacial score (nSPS) is 17.5. The molecule has 0 aliphatic carbocycles. The van der Waals surface area contributed by atoms with E-state index >= 15 is 0 Å². The number of halogens is 1. The van der Waals surface area contributed by atoms with Gasteiger partial charge in [0.15, 0.2) is 11.5 Å². The molecule has 1 aliphatic heterocycles. The third-order valence-corrected chi connectivity index (χ3v) is 6.20. The van der Waals surface area contributed by atoms with Crippen LogP contribution in [0.3, 0.4) is 0 Å². The van der Waals surface area contributed by atoms with E-state index in [2.05, 4.69) is 12.2 Å². The summed E-state index contributed by atoms with van der Waals surface area (Å²) >= 11 is 6.09. The number of benzene rings is 2. The highest BCUT2D eigenvalue weighted by molar-refractivity contribution is 6.30. The second kappa shape index (κ2) is 11.3. The van der Waals surface area contributed by atoms with E-state index in [0.29, 0.717) is 47.5 Å². The molecule has 0 saturated carbocycles. The monoisotopic (exact) mass is 474 g/mol. The van der Waals surface area contributed by atoms with Gasteiger partial charge in [-0.1, -0.05) is 31.0 Å². The van der Waals surface area contributed by atoms with E-state index in [0.717, 1.165) is 18.4 Å². The van der Waals surface area contributed by atoms with Crippen LogP contribution < -0.4 is 19.5 Å². The summed E-state index contributed by atoms with van der Waals surface area (Å²) in [7, 11) is 4.66. The molecule has 0 radical (unpaired) electrons. The van der Waals surface area contributed by atoms with Crippen molar-refractivity contribution >= 4 is 23.4 Å². The van der Waals surface area contributed by atoms with E-state index in [1.165, 1.54) is 0 Å². The molecule has 1 heterocycles. The first-order chi connectivity index (χ1) is 15.9. The van der Waals surface area contributed by atoms with E-state index in [1.54, 1.807) is 50.5 Å². The van der Waals surface area contributed by atoms with E-state index in [4.69, 9.17) is 25.8 Å². The third kappa shape index (κ3) is 5.53. The molecule has 7 nitrogen and oxygen atoms in total. The van der Waals surface area contributed by atoms with Gasteiger partial charge in [-0.3, -0.25) is 9.59 Å². The summed E-state index contributed by atoms with van der Waals surface area (Å²) in [6, 6.07) is 10.6. The van der Waals surface area contributed by atoms with Crippen molar-refractivity contribution in [1.29, 1.82) is 0 Å². The number of ether oxygens (including phenoxy) is 3. The third-order valence-electron chi connectivity index (χ3n) is 5.96. The van der Waals surface area contributed by atoms with Crippen molar-refractivity contribution in [2.75, 3.05) is 41.0 Å². The van der Waals surface area contributed by atoms with E-state index in [-0.39, 0.29) is 17.7 Å². The predicted molar refractivity (Wildman–Crippen MR) is 128 cm³/mol. The fourth-order valence-corrected chi connectivity index (χ4v) is 4.40. The fourth-order valence-electron chi connectivity index (χ4n) is 4.21. The molecule has 8 heteroatoms. The summed E-state index contributed by atoms with van der Waals surface area (Å²) in [6.45, 7) is 3.38. The van der Waals surface area contributed by atoms with Crippen LogP contribution in [0.4, 0.5) is 0 Å². The number of hydrogen-bond donors (Lipinski definition) is 1. The van der Waals surface area contributed by atoms with Crippen LogP contribution in [-0.4, -0.2) is 57.7 Å². The largest absolute Gasteiger partial charge is 0.493 e. The Kier molecular flexibility index (Phi) is 8.44. The highest BCUT2D eigenvalue weighted by atomic mass is 35.5. The van der Waals surface area contributed by atoms with Gasteiger partial charge in [-0.25, -0.2) is 0 Å². The van der Waals surface area contributed by atoms with Crippen molar-refractivity contribution in [3.05, 3.63) is 52.5 Å². The Morgan fingerprint density at radius 1 is 1.06 bits per heavy atom. The second-order valence-electron chi connectivity index (χ2n) is 8.04. The average molecular weight is 475 g/mol. The number of rotatable bonds is 9. The van der Waals surface area contributed by atoms with Crippen molar-refractivity contribution in [2.45, 2.75) is 25.7 Å². The standard InChI is InChI=1S/C25H31ClN2O5/c1-5-6-10-27-24(29)20-15-28(25(30)16-8-7-9-18(26)11-16)14-19(20)17-12-21(31-2)23(33-4)22(13-17)32-3/h7-9,11-13,19-20H,5-6,10,14-15H2,1-4H3,(H,27,29)/t19-,20+/m0/s1. The minimum atomic E-state index is -0.409. The SMILES string of the molecule is CCCCNC(=O)[C@@H]1CN(C(=O)c2cccc(Cl)c2)C[C@H]1c1cc(OC)c(OC)c(OC)c1. The minimum Gasteiger partial charge on any atom is -0.493 e. The number of nitrogens with one attached hydrogen (secondary N) is 1. The summed E-state index contributed by atoms with van der Waals surface area (Å²) in [5.74, 6) is 0.643. The Bertz CT molecular complexity index is 972. The first-order valence-electron chi connectivity index (χ1n) is 11.1. The summed E-state index contributed by atoms with van der Waals surface area (Å²) in [6.07, 6.45) is 1.89. The molecule has 33 heavy (non-hydrogen) atoms. The molecule has 0 bridgehead atoms. The number of carbonyl (C=O) groups excluding carboxylic acids is 2. The van der Waals surface area contributed by atoms with Crippen LogP contribution in [0.1, 0.15) is 41.6 Å². The quantitative estimate of drug-likeness (QED) is 0.553. The van der Waals surface area contributed by atoms with Crippen molar-refractivity contribution in [2.24, 2.45) is 5.92 Å². The molecule has 3 rings (SSSR count). The summed E-state index contributed by atoms with van der Waals surface area (Å²) in [4.78, 5) is 28.1. The van der Waals surface area contributed by atoms with Gasteiger partial charge in [-0.15, -0.1) is 0 Å². The molecule has 1 fully saturated rings. The zero-order valence-corrected chi connectivity index (χ0v) is 20.3. The zero-order chi connectivity index (χ0) is 24.0. The highest BCUT2D eigenvalue weighted by Crippen LogP contribution is 2.43. The zero-order valence-electron chi connectivity index (χ0n) is 19.5. The van der Waals surface area contributed by atoms with Crippen molar-refractivity contribution in [3.8, 4) is 17.2 Å². The molecule has 1 saturated heterocycles. The number of nitrogens with zero attached hydrogens (tertiary/aromatic N) is 1. The Morgan fingerprint density at radius 3 is 2.33 bits per heavy atom. The molecule has 0 spiro atoms. The number of methoxy groups -OCH3 is 3. The molecule has 2 amide bonds. The lowest BCUT2D eigenvalue weighted by molar-refractivity contribution is -0.124. The van der Waals surface area contributed by atoms with Gasteiger partial charge >= 0.3 is 0 Å². The Morgan fingerprint density at radius 2 is 1.76 bits per heavy atom. The molecule has 2 aromatic rings. The molecule has 1 aliphatic rings. The number of likely N-dealkylation sites (tertiary alicyclic amines) is 1. The van der Waals surface area contributed by atoms with Crippen LogP contribution in [0, 0.1) is 5.92 Å². The molecule has 2 aromatic carbocycles. The van der Waals surface area contributed by atoms with Gasteiger partial charge in [0.25, 0.3) is 5.91 Å². The summed E-state index contributed by atoms with van der Waals surface area (Å²) < 4.78 is 16.5. The number of unbranched alkanes of at least 4 members (excludes halogenated alkanes) is 1. The van der Waals surface area contributed by atoms with Crippen LogP contribution in [0.15, 0.2) is 36.4 Å². The smallest absolute Gasteiger partial charge is 0.253 e. The molecule has 1 N–H and O–H groups in total. The van der Waals surface area contributed by atoms with Crippen LogP contribution in [0.25, 0.3) is 0 Å². The van der Waals surface area contributed by atoms with Gasteiger partial charge in [0.1, 0.15) is 0 Å². The van der Waals surface area contributed by atoms with Crippen molar-refractivity contribution < 1.29 is 23.8 Å². The highest BCUT2D eigenvalue weighted by Gasteiger charge is 2.41. The molecule has 0 aromatic heterocycles. The van der Waals surface area contributed by atoms with Gasteiger partial charge in [-0.05, 0) is 42.3 Å². The first kappa shape index (κ1) is 24.7. The minimum absolute atomic E-state index is 0.0661. The predicted octanol–water partition coefficient (Wildman–Crippen LogP) is 4.14. The second-order valence-corrected chi connectivity index (χ2v) is 8.47. The number of carbonyl (C=O) groups is 2. The topological polar surface area (TPSA) is 77.1 Å². The summed E-state index contributed by atoms with van der Waals surface area (Å²) in [5.41, 5.74) is 1.35. The Hall–Kier alpha value is -2.93. The van der Waals surface area contributed by atoms with Gasteiger partial charge < -0.3 is 24.4 Å². The maximum Gasteiger partial charge on any atom is 0.253 e. The van der Waals surface area contributed by atoms with Gasteiger partial charge in [0.2, 0.25) is 11.7 Å². The van der Waals surface area contributed by atoms with E-state index < -0.39 is 5.92 Å². The van der Waals surface area contributed by atoms with Gasteiger partial charge in [0.05, 0.1) is 27.2 Å². The first-order valence-corrected chi connectivity index (χ1v) is 11.4. The van der Waals surface area contributed by atoms with E-state index in [1.807, 2.05) is 12.1 Å². The number of hydrogen-bond acceptors (Lipinski definition) is 5. The van der Waals surface area contributed by atoms with Crippen LogP contribution >= 0.6 is 11.6 Å². The fraction of sp³-hybridized carbons (Fsp3) is 0.440. The van der Waals surface area contributed by atoms with Crippen molar-refractivity contribution in [3.63, 3.8) is 0 Å². The van der Waals surface area contributed by atoms with Crippen LogP contribution in [0.5, 0.6) is 17.2 Å². The lowest BCUT2D eigenvalue weighted by atomic mass is 9.88. The Balaban J connectivity index is 1.95. The maximum absolute atomic E-state index is 13.2. The molecular formula is C25H31ClN2O5. The average Bonchev–Trinajstić information content (AvgIpc) is 3.28. The molecule has 178 valence electrons. The lowest BCUT2D eigenvalue weighted by Crippen LogP contribution is -2.36. The summed E-state index contributed by atoms with van der Waals surface area (Å²) in [5, 5.41) is 3.52. The van der Waals surface area contributed by atoms with E-state index in [9.17, 15) is 9.59 Å². The Labute approximate surface area is 200 Å². The molecule has 2 atom stereocenters.